The van der Waals surface area contributed by atoms with Crippen LogP contribution in [0.2, 0.25) is 0 Å². The normalized spacial score (nSPS) is 25.6. The molecular weight excluding hydrogens is 252 g/mol. The minimum atomic E-state index is 0.0465. The van der Waals surface area contributed by atoms with E-state index in [-0.39, 0.29) is 6.04 Å². The third-order valence-corrected chi connectivity index (χ3v) is 5.24. The molecular formula is C16H25N2S. The van der Waals surface area contributed by atoms with Crippen molar-refractivity contribution in [2.75, 3.05) is 12.3 Å². The summed E-state index contributed by atoms with van der Waals surface area (Å²) in [5, 5.41) is 0. The van der Waals surface area contributed by atoms with Crippen LogP contribution >= 0.6 is 11.8 Å². The number of nitrogens with zero attached hydrogens (tertiary/aromatic N) is 1. The lowest BCUT2D eigenvalue weighted by Gasteiger charge is -2.26. The fourth-order valence-corrected chi connectivity index (χ4v) is 3.70. The topological polar surface area (TPSA) is 27.0 Å². The maximum Gasteiger partial charge on any atom is 0.0319 e. The smallest absolute Gasteiger partial charge is 0.0319 e. The van der Waals surface area contributed by atoms with Crippen molar-refractivity contribution >= 4 is 11.8 Å². The summed E-state index contributed by atoms with van der Waals surface area (Å²) >= 11 is 1.81. The fraction of sp³-hybridized carbons (Fsp3) is 0.625. The van der Waals surface area contributed by atoms with Crippen molar-refractivity contribution in [3.05, 3.63) is 30.3 Å². The quantitative estimate of drug-likeness (QED) is 0.741. The highest BCUT2D eigenvalue weighted by atomic mass is 32.2. The number of hydrogen-bond donors (Lipinski definition) is 0. The van der Waals surface area contributed by atoms with E-state index in [0.717, 1.165) is 18.7 Å². The molecule has 0 aromatic heterocycles. The van der Waals surface area contributed by atoms with Gasteiger partial charge in [0.15, 0.2) is 0 Å². The van der Waals surface area contributed by atoms with Crippen molar-refractivity contribution in [2.45, 2.75) is 56.1 Å². The average molecular weight is 277 g/mol. The lowest BCUT2D eigenvalue weighted by Crippen LogP contribution is -2.35. The summed E-state index contributed by atoms with van der Waals surface area (Å²) < 4.78 is 0. The second-order valence-corrected chi connectivity index (χ2v) is 6.72. The van der Waals surface area contributed by atoms with Gasteiger partial charge in [-0.2, -0.15) is 0 Å². The molecule has 3 heteroatoms. The van der Waals surface area contributed by atoms with Gasteiger partial charge in [0.25, 0.3) is 0 Å². The van der Waals surface area contributed by atoms with Crippen LogP contribution < -0.4 is 5.73 Å². The summed E-state index contributed by atoms with van der Waals surface area (Å²) in [6.07, 6.45) is 3.64. The van der Waals surface area contributed by atoms with Crippen molar-refractivity contribution in [3.8, 4) is 0 Å². The van der Waals surface area contributed by atoms with Gasteiger partial charge in [-0.3, -0.25) is 10.6 Å². The summed E-state index contributed by atoms with van der Waals surface area (Å²) in [6.45, 7) is 5.73. The lowest BCUT2D eigenvalue weighted by molar-refractivity contribution is 0.207. The minimum Gasteiger partial charge on any atom is -0.298 e. The first-order valence-electron chi connectivity index (χ1n) is 7.31. The van der Waals surface area contributed by atoms with Gasteiger partial charge in [-0.15, -0.1) is 11.8 Å². The molecule has 1 radical (unpaired) electrons. The maximum atomic E-state index is 8.17. The molecule has 0 aliphatic carbocycles. The Morgan fingerprint density at radius 2 is 1.84 bits per heavy atom. The third kappa shape index (κ3) is 4.51. The van der Waals surface area contributed by atoms with E-state index in [1.165, 1.54) is 17.7 Å². The Balaban J connectivity index is 1.68. The second-order valence-electron chi connectivity index (χ2n) is 5.62. The first kappa shape index (κ1) is 14.9. The number of thioether (sulfide) groups is 1. The zero-order chi connectivity index (χ0) is 13.7. The maximum absolute atomic E-state index is 8.17. The molecule has 0 amide bonds. The molecule has 1 aromatic carbocycles. The van der Waals surface area contributed by atoms with Crippen LogP contribution in [0, 0.1) is 0 Å². The Kier molecular flexibility index (Phi) is 5.74. The van der Waals surface area contributed by atoms with Crippen LogP contribution in [0.3, 0.4) is 0 Å². The average Bonchev–Trinajstić information content (AvgIpc) is 2.75. The summed E-state index contributed by atoms with van der Waals surface area (Å²) in [5.74, 6) is 0.903. The van der Waals surface area contributed by atoms with E-state index < -0.39 is 0 Å². The van der Waals surface area contributed by atoms with Gasteiger partial charge < -0.3 is 0 Å². The highest BCUT2D eigenvalue weighted by Gasteiger charge is 2.26. The standard InChI is InChI=1S/C16H25N2S/c1-13-8-9-14(2)18(13)11-10-15(17)12-19-16-6-4-3-5-7-16/h3-7,13-15,17H,8-12H2,1-2H3/t13-,14-,15+/m0/s1. The fourth-order valence-electron chi connectivity index (χ4n) is 2.79. The van der Waals surface area contributed by atoms with E-state index >= 15 is 0 Å². The number of rotatable bonds is 6. The molecule has 1 aromatic rings. The zero-order valence-corrected chi connectivity index (χ0v) is 12.8. The van der Waals surface area contributed by atoms with Crippen LogP contribution in [-0.4, -0.2) is 35.3 Å². The highest BCUT2D eigenvalue weighted by molar-refractivity contribution is 7.99. The second kappa shape index (κ2) is 7.32. The van der Waals surface area contributed by atoms with Gasteiger partial charge in [-0.05, 0) is 45.2 Å². The SMILES string of the molecule is C[C@H]1CC[C@H](C)N1CC[C@@H]([NH])CSc1ccccc1. The molecule has 1 saturated heterocycles. The van der Waals surface area contributed by atoms with E-state index in [1.807, 2.05) is 6.07 Å². The van der Waals surface area contributed by atoms with Crippen molar-refractivity contribution in [1.29, 1.82) is 0 Å². The Morgan fingerprint density at radius 3 is 2.47 bits per heavy atom. The van der Waals surface area contributed by atoms with Crippen LogP contribution in [-0.2, 0) is 0 Å². The number of hydrogen-bond acceptors (Lipinski definition) is 2. The predicted molar refractivity (Wildman–Crippen MR) is 83.5 cm³/mol. The van der Waals surface area contributed by atoms with Crippen molar-refractivity contribution in [3.63, 3.8) is 0 Å². The summed E-state index contributed by atoms with van der Waals surface area (Å²) in [4.78, 5) is 3.86. The number of nitrogens with one attached hydrogen (secondary N) is 1. The van der Waals surface area contributed by atoms with E-state index in [9.17, 15) is 0 Å². The Bertz CT molecular complexity index is 358. The van der Waals surface area contributed by atoms with Crippen LogP contribution in [0.25, 0.3) is 0 Å². The molecule has 105 valence electrons. The monoisotopic (exact) mass is 277 g/mol. The molecule has 1 fully saturated rings. The van der Waals surface area contributed by atoms with Gasteiger partial charge in [0.2, 0.25) is 0 Å². The van der Waals surface area contributed by atoms with Gasteiger partial charge in [-0.25, -0.2) is 0 Å². The largest absolute Gasteiger partial charge is 0.298 e. The summed E-state index contributed by atoms with van der Waals surface area (Å²) in [5.41, 5.74) is 8.17. The molecule has 0 spiro atoms. The molecule has 0 bridgehead atoms. The van der Waals surface area contributed by atoms with Crippen LogP contribution in [0.5, 0.6) is 0 Å². The lowest BCUT2D eigenvalue weighted by atomic mass is 10.2. The molecule has 3 atom stereocenters. The number of benzene rings is 1. The molecule has 1 aliphatic rings. The first-order chi connectivity index (χ1) is 9.16. The molecule has 1 N–H and O–H groups in total. The van der Waals surface area contributed by atoms with Crippen molar-refractivity contribution < 1.29 is 0 Å². The molecule has 2 rings (SSSR count). The molecule has 0 unspecified atom stereocenters. The third-order valence-electron chi connectivity index (χ3n) is 4.06. The van der Waals surface area contributed by atoms with Gasteiger partial charge in [0.05, 0.1) is 0 Å². The van der Waals surface area contributed by atoms with E-state index in [1.54, 1.807) is 11.8 Å². The first-order valence-corrected chi connectivity index (χ1v) is 8.30. The molecule has 1 heterocycles. The van der Waals surface area contributed by atoms with Crippen LogP contribution in [0.4, 0.5) is 0 Å². The predicted octanol–water partition coefficient (Wildman–Crippen LogP) is 3.69. The Hall–Kier alpha value is -0.510. The van der Waals surface area contributed by atoms with Crippen molar-refractivity contribution in [2.24, 2.45) is 0 Å². The molecule has 0 saturated carbocycles. The van der Waals surface area contributed by atoms with Gasteiger partial charge in [-0.1, -0.05) is 18.2 Å². The molecule has 2 nitrogen and oxygen atoms in total. The summed E-state index contributed by atoms with van der Waals surface area (Å²) in [7, 11) is 0. The van der Waals surface area contributed by atoms with E-state index in [0.29, 0.717) is 12.1 Å². The summed E-state index contributed by atoms with van der Waals surface area (Å²) in [6, 6.07) is 11.9. The van der Waals surface area contributed by atoms with Crippen molar-refractivity contribution in [1.82, 2.24) is 10.6 Å². The molecule has 19 heavy (non-hydrogen) atoms. The van der Waals surface area contributed by atoms with Gasteiger partial charge >= 0.3 is 0 Å². The van der Waals surface area contributed by atoms with Crippen LogP contribution in [0.1, 0.15) is 33.1 Å². The Morgan fingerprint density at radius 1 is 1.21 bits per heavy atom. The zero-order valence-electron chi connectivity index (χ0n) is 12.0. The van der Waals surface area contributed by atoms with E-state index in [2.05, 4.69) is 43.0 Å². The Labute approximate surface area is 121 Å². The number of likely N-dealkylation sites (tertiary alicyclic amines) is 1. The molecule has 1 aliphatic heterocycles. The minimum absolute atomic E-state index is 0.0465. The van der Waals surface area contributed by atoms with E-state index in [4.69, 9.17) is 5.73 Å². The highest BCUT2D eigenvalue weighted by Crippen LogP contribution is 2.24. The van der Waals surface area contributed by atoms with Crippen LogP contribution in [0.15, 0.2) is 35.2 Å². The van der Waals surface area contributed by atoms with Gasteiger partial charge in [0.1, 0.15) is 0 Å². The van der Waals surface area contributed by atoms with Gasteiger partial charge in [0, 0.05) is 35.3 Å².